The molecule has 1 N–H and O–H groups in total. The molecule has 1 heterocycles. The van der Waals surface area contributed by atoms with Crippen LogP contribution in [0.5, 0.6) is 5.75 Å². The second-order valence-corrected chi connectivity index (χ2v) is 7.36. The van der Waals surface area contributed by atoms with Crippen LogP contribution in [-0.2, 0) is 6.61 Å². The maximum atomic E-state index is 13.7. The molecule has 0 bridgehead atoms. The van der Waals surface area contributed by atoms with Crippen molar-refractivity contribution < 1.29 is 9.13 Å². The molecule has 0 spiro atoms. The number of ether oxygens (including phenoxy) is 1. The maximum absolute atomic E-state index is 13.7. The smallest absolute Gasteiger partial charge is 0.141 e. The molecule has 7 heteroatoms. The Labute approximate surface area is 174 Å². The van der Waals surface area contributed by atoms with Crippen molar-refractivity contribution in [1.29, 1.82) is 0 Å². The lowest BCUT2D eigenvalue weighted by atomic mass is 10.2. The van der Waals surface area contributed by atoms with E-state index in [0.29, 0.717) is 22.2 Å². The van der Waals surface area contributed by atoms with Crippen LogP contribution in [0.25, 0.3) is 10.9 Å². The molecular weight excluding hydrogens is 445 g/mol. The van der Waals surface area contributed by atoms with Crippen molar-refractivity contribution in [2.75, 3.05) is 5.32 Å². The van der Waals surface area contributed by atoms with Crippen LogP contribution in [-0.4, -0.2) is 9.97 Å². The van der Waals surface area contributed by atoms with Crippen molar-refractivity contribution in [2.24, 2.45) is 0 Å². The van der Waals surface area contributed by atoms with E-state index in [-0.39, 0.29) is 12.4 Å². The first-order valence-corrected chi connectivity index (χ1v) is 9.60. The fourth-order valence-corrected chi connectivity index (χ4v) is 3.33. The predicted molar refractivity (Wildman–Crippen MR) is 113 cm³/mol. The molecule has 0 aliphatic carbocycles. The van der Waals surface area contributed by atoms with Crippen LogP contribution in [0.15, 0.2) is 71.5 Å². The molecule has 0 aliphatic heterocycles. The van der Waals surface area contributed by atoms with E-state index in [1.54, 1.807) is 30.3 Å². The zero-order valence-electron chi connectivity index (χ0n) is 14.5. The second-order valence-electron chi connectivity index (χ2n) is 6.03. The fourth-order valence-electron chi connectivity index (χ4n) is 2.73. The zero-order valence-corrected chi connectivity index (χ0v) is 16.8. The van der Waals surface area contributed by atoms with Crippen LogP contribution >= 0.6 is 27.5 Å². The number of nitrogens with one attached hydrogen (secondary N) is 1. The van der Waals surface area contributed by atoms with Crippen molar-refractivity contribution in [3.63, 3.8) is 0 Å². The molecule has 4 aromatic rings. The third kappa shape index (κ3) is 4.08. The van der Waals surface area contributed by atoms with Crippen molar-refractivity contribution in [3.05, 3.63) is 87.9 Å². The molecule has 0 saturated heterocycles. The monoisotopic (exact) mass is 457 g/mol. The van der Waals surface area contributed by atoms with Crippen molar-refractivity contribution in [2.45, 2.75) is 6.61 Å². The van der Waals surface area contributed by atoms with E-state index in [0.717, 1.165) is 21.1 Å². The van der Waals surface area contributed by atoms with Crippen LogP contribution in [0.4, 0.5) is 15.9 Å². The Kier molecular flexibility index (Phi) is 5.41. The summed E-state index contributed by atoms with van der Waals surface area (Å²) >= 11 is 9.81. The third-order valence-corrected chi connectivity index (χ3v) is 4.92. The molecule has 140 valence electrons. The van der Waals surface area contributed by atoms with E-state index < -0.39 is 0 Å². The van der Waals surface area contributed by atoms with Gasteiger partial charge in [-0.3, -0.25) is 0 Å². The number of hydrogen-bond donors (Lipinski definition) is 1. The standard InChI is InChI=1S/C21H14BrClFN3O/c22-14-5-7-19-16(9-14)21(26-12-25-19)27-15-6-8-20(17(23)10-15)28-11-13-3-1-2-4-18(13)24/h1-10,12H,11H2,(H,25,26,27). The first-order valence-electron chi connectivity index (χ1n) is 8.43. The topological polar surface area (TPSA) is 47.0 Å². The molecule has 4 nitrogen and oxygen atoms in total. The van der Waals surface area contributed by atoms with E-state index >= 15 is 0 Å². The summed E-state index contributed by atoms with van der Waals surface area (Å²) in [5, 5.41) is 4.55. The number of rotatable bonds is 5. The summed E-state index contributed by atoms with van der Waals surface area (Å²) in [7, 11) is 0. The number of hydrogen-bond acceptors (Lipinski definition) is 4. The maximum Gasteiger partial charge on any atom is 0.141 e. The van der Waals surface area contributed by atoms with Gasteiger partial charge in [0.1, 0.15) is 30.3 Å². The summed E-state index contributed by atoms with van der Waals surface area (Å²) in [4.78, 5) is 8.59. The molecule has 0 amide bonds. The summed E-state index contributed by atoms with van der Waals surface area (Å²) in [5.74, 6) is 0.840. The van der Waals surface area contributed by atoms with Crippen LogP contribution in [0, 0.1) is 5.82 Å². The zero-order chi connectivity index (χ0) is 19.5. The molecule has 0 radical (unpaired) electrons. The van der Waals surface area contributed by atoms with Gasteiger partial charge in [0.05, 0.1) is 10.5 Å². The van der Waals surface area contributed by atoms with Crippen molar-refractivity contribution in [3.8, 4) is 5.75 Å². The molecule has 0 atom stereocenters. The molecule has 1 aromatic heterocycles. The third-order valence-electron chi connectivity index (χ3n) is 4.13. The van der Waals surface area contributed by atoms with Gasteiger partial charge in [0.25, 0.3) is 0 Å². The Hall–Kier alpha value is -2.70. The summed E-state index contributed by atoms with van der Waals surface area (Å²) in [6.07, 6.45) is 1.51. The molecule has 4 rings (SSSR count). The van der Waals surface area contributed by atoms with Gasteiger partial charge in [-0.2, -0.15) is 0 Å². The molecule has 0 saturated carbocycles. The molecule has 0 fully saturated rings. The van der Waals surface area contributed by atoms with Gasteiger partial charge in [-0.1, -0.05) is 45.7 Å². The highest BCUT2D eigenvalue weighted by Gasteiger charge is 2.09. The van der Waals surface area contributed by atoms with Crippen LogP contribution < -0.4 is 10.1 Å². The van der Waals surface area contributed by atoms with Gasteiger partial charge in [-0.25, -0.2) is 14.4 Å². The van der Waals surface area contributed by atoms with Gasteiger partial charge in [0, 0.05) is 21.1 Å². The quantitative estimate of drug-likeness (QED) is 0.370. The summed E-state index contributed by atoms with van der Waals surface area (Å²) in [6.45, 7) is 0.101. The average Bonchev–Trinajstić information content (AvgIpc) is 2.69. The lowest BCUT2D eigenvalue weighted by Gasteiger charge is -2.12. The number of aromatic nitrogens is 2. The lowest BCUT2D eigenvalue weighted by Crippen LogP contribution is -2.00. The van der Waals surface area contributed by atoms with Crippen LogP contribution in [0.2, 0.25) is 5.02 Å². The fraction of sp³-hybridized carbons (Fsp3) is 0.0476. The predicted octanol–water partition coefficient (Wildman–Crippen LogP) is 6.51. The molecular formula is C21H14BrClFN3O. The van der Waals surface area contributed by atoms with Crippen LogP contribution in [0.1, 0.15) is 5.56 Å². The first-order chi connectivity index (χ1) is 13.6. The van der Waals surface area contributed by atoms with Crippen molar-refractivity contribution >= 4 is 49.9 Å². The van der Waals surface area contributed by atoms with Gasteiger partial charge < -0.3 is 10.1 Å². The van der Waals surface area contributed by atoms with E-state index in [1.807, 2.05) is 24.3 Å². The summed E-state index contributed by atoms with van der Waals surface area (Å²) in [5.41, 5.74) is 2.05. The van der Waals surface area contributed by atoms with Gasteiger partial charge in [-0.05, 0) is 42.5 Å². The summed E-state index contributed by atoms with van der Waals surface area (Å²) < 4.78 is 20.3. The van der Waals surface area contributed by atoms with Gasteiger partial charge in [0.2, 0.25) is 0 Å². The van der Waals surface area contributed by atoms with Gasteiger partial charge >= 0.3 is 0 Å². The number of nitrogens with zero attached hydrogens (tertiary/aromatic N) is 2. The molecule has 28 heavy (non-hydrogen) atoms. The second kappa shape index (κ2) is 8.12. The van der Waals surface area contributed by atoms with E-state index in [1.165, 1.54) is 12.4 Å². The largest absolute Gasteiger partial charge is 0.487 e. The highest BCUT2D eigenvalue weighted by atomic mass is 79.9. The van der Waals surface area contributed by atoms with Crippen molar-refractivity contribution in [1.82, 2.24) is 9.97 Å². The minimum atomic E-state index is -0.307. The Morgan fingerprint density at radius 1 is 1.04 bits per heavy atom. The Morgan fingerprint density at radius 2 is 1.89 bits per heavy atom. The summed E-state index contributed by atoms with van der Waals surface area (Å²) in [6, 6.07) is 17.6. The lowest BCUT2D eigenvalue weighted by molar-refractivity contribution is 0.300. The minimum absolute atomic E-state index is 0.101. The number of benzene rings is 3. The number of fused-ring (bicyclic) bond motifs is 1. The van der Waals surface area contributed by atoms with E-state index in [2.05, 4.69) is 31.2 Å². The van der Waals surface area contributed by atoms with E-state index in [9.17, 15) is 4.39 Å². The Balaban J connectivity index is 1.54. The van der Waals surface area contributed by atoms with E-state index in [4.69, 9.17) is 16.3 Å². The normalized spacial score (nSPS) is 10.8. The van der Waals surface area contributed by atoms with Crippen LogP contribution in [0.3, 0.4) is 0 Å². The number of anilines is 2. The number of halogens is 3. The highest BCUT2D eigenvalue weighted by Crippen LogP contribution is 2.31. The molecule has 0 unspecified atom stereocenters. The molecule has 0 aliphatic rings. The minimum Gasteiger partial charge on any atom is -0.487 e. The Bertz CT molecular complexity index is 1160. The first kappa shape index (κ1) is 18.7. The van der Waals surface area contributed by atoms with Gasteiger partial charge in [-0.15, -0.1) is 0 Å². The average molecular weight is 459 g/mol. The SMILES string of the molecule is Fc1ccccc1COc1ccc(Nc2ncnc3ccc(Br)cc23)cc1Cl. The molecule has 3 aromatic carbocycles. The highest BCUT2D eigenvalue weighted by molar-refractivity contribution is 9.10. The Morgan fingerprint density at radius 3 is 2.71 bits per heavy atom. The van der Waals surface area contributed by atoms with Gasteiger partial charge in [0.15, 0.2) is 0 Å².